The quantitative estimate of drug-likeness (QED) is 0.799. The van der Waals surface area contributed by atoms with E-state index in [9.17, 15) is 18.3 Å². The average molecular weight is 338 g/mol. The predicted octanol–water partition coefficient (Wildman–Crippen LogP) is -0.161. The van der Waals surface area contributed by atoms with E-state index in [-0.39, 0.29) is 25.4 Å². The van der Waals surface area contributed by atoms with Crippen molar-refractivity contribution in [2.45, 2.75) is 37.8 Å². The molecule has 1 aliphatic carbocycles. The van der Waals surface area contributed by atoms with Gasteiger partial charge < -0.3 is 10.0 Å². The van der Waals surface area contributed by atoms with Gasteiger partial charge in [0.05, 0.1) is 24.8 Å². The van der Waals surface area contributed by atoms with Gasteiger partial charge in [-0.25, -0.2) is 13.1 Å². The number of carbonyl (C=O) groups is 1. The molecule has 1 fully saturated rings. The number of amides is 1. The van der Waals surface area contributed by atoms with Crippen LogP contribution in [0.15, 0.2) is 18.2 Å². The van der Waals surface area contributed by atoms with Gasteiger partial charge in [-0.05, 0) is 36.0 Å². The van der Waals surface area contributed by atoms with Crippen LogP contribution < -0.4 is 4.72 Å². The standard InChI is InChI=1S/C16H22N2O4S/c1-23(21,22)17-14-9-18(10-15(14)19)16(20)8-11-5-6-12-3-2-4-13(12)7-11/h5-7,14-15,17,19H,2-4,8-10H2,1H3/t14-,15-/m1/s1. The molecule has 1 aromatic rings. The largest absolute Gasteiger partial charge is 0.390 e. The third-order valence-electron chi connectivity index (χ3n) is 4.53. The Morgan fingerprint density at radius 3 is 2.78 bits per heavy atom. The molecule has 1 aromatic carbocycles. The smallest absolute Gasteiger partial charge is 0.227 e. The van der Waals surface area contributed by atoms with Crippen LogP contribution in [0.5, 0.6) is 0 Å². The van der Waals surface area contributed by atoms with Crippen LogP contribution in [0.2, 0.25) is 0 Å². The minimum absolute atomic E-state index is 0.0835. The first kappa shape index (κ1) is 16.4. The summed E-state index contributed by atoms with van der Waals surface area (Å²) in [6.07, 6.45) is 3.82. The van der Waals surface area contributed by atoms with Crippen molar-refractivity contribution in [2.24, 2.45) is 0 Å². The number of aryl methyl sites for hydroxylation is 2. The number of nitrogens with one attached hydrogen (secondary N) is 1. The van der Waals surface area contributed by atoms with Gasteiger partial charge in [0, 0.05) is 13.1 Å². The molecule has 23 heavy (non-hydrogen) atoms. The van der Waals surface area contributed by atoms with E-state index in [1.165, 1.54) is 22.4 Å². The van der Waals surface area contributed by atoms with Crippen LogP contribution in [-0.4, -0.2) is 55.8 Å². The topological polar surface area (TPSA) is 86.7 Å². The molecule has 6 nitrogen and oxygen atoms in total. The van der Waals surface area contributed by atoms with Crippen LogP contribution in [0.25, 0.3) is 0 Å². The fraction of sp³-hybridized carbons (Fsp3) is 0.562. The zero-order valence-electron chi connectivity index (χ0n) is 13.2. The van der Waals surface area contributed by atoms with E-state index >= 15 is 0 Å². The van der Waals surface area contributed by atoms with Crippen molar-refractivity contribution in [3.8, 4) is 0 Å². The fourth-order valence-electron chi connectivity index (χ4n) is 3.40. The summed E-state index contributed by atoms with van der Waals surface area (Å²) in [5, 5.41) is 9.94. The van der Waals surface area contributed by atoms with Crippen molar-refractivity contribution >= 4 is 15.9 Å². The number of nitrogens with zero attached hydrogens (tertiary/aromatic N) is 1. The summed E-state index contributed by atoms with van der Waals surface area (Å²) in [4.78, 5) is 13.9. The van der Waals surface area contributed by atoms with Gasteiger partial charge in [0.25, 0.3) is 0 Å². The van der Waals surface area contributed by atoms with Crippen LogP contribution >= 0.6 is 0 Å². The van der Waals surface area contributed by atoms with Crippen LogP contribution in [0, 0.1) is 0 Å². The lowest BCUT2D eigenvalue weighted by molar-refractivity contribution is -0.129. The molecule has 1 aliphatic heterocycles. The van der Waals surface area contributed by atoms with E-state index in [1.54, 1.807) is 0 Å². The van der Waals surface area contributed by atoms with Crippen LogP contribution in [0.4, 0.5) is 0 Å². The van der Waals surface area contributed by atoms with E-state index in [2.05, 4.69) is 16.9 Å². The second-order valence-corrected chi connectivity index (χ2v) is 8.28. The van der Waals surface area contributed by atoms with Crippen LogP contribution in [0.3, 0.4) is 0 Å². The van der Waals surface area contributed by atoms with E-state index in [4.69, 9.17) is 0 Å². The number of fused-ring (bicyclic) bond motifs is 1. The molecule has 0 radical (unpaired) electrons. The molecule has 7 heteroatoms. The lowest BCUT2D eigenvalue weighted by Gasteiger charge is -2.16. The van der Waals surface area contributed by atoms with Crippen molar-refractivity contribution in [3.05, 3.63) is 34.9 Å². The second-order valence-electron chi connectivity index (χ2n) is 6.50. The molecule has 0 unspecified atom stereocenters. The molecule has 2 N–H and O–H groups in total. The van der Waals surface area contributed by atoms with Gasteiger partial charge in [-0.1, -0.05) is 18.2 Å². The summed E-state index contributed by atoms with van der Waals surface area (Å²) in [6.45, 7) is 0.370. The number of likely N-dealkylation sites (tertiary alicyclic amines) is 1. The van der Waals surface area contributed by atoms with Crippen molar-refractivity contribution in [2.75, 3.05) is 19.3 Å². The van der Waals surface area contributed by atoms with Gasteiger partial charge in [-0.2, -0.15) is 0 Å². The average Bonchev–Trinajstić information content (AvgIpc) is 3.04. The third kappa shape index (κ3) is 3.91. The number of sulfonamides is 1. The van der Waals surface area contributed by atoms with Crippen molar-refractivity contribution in [3.63, 3.8) is 0 Å². The number of carbonyl (C=O) groups excluding carboxylic acids is 1. The summed E-state index contributed by atoms with van der Waals surface area (Å²) in [5.74, 6) is -0.0835. The van der Waals surface area contributed by atoms with Gasteiger partial charge in [0.15, 0.2) is 0 Å². The van der Waals surface area contributed by atoms with Gasteiger partial charge in [0.1, 0.15) is 0 Å². The molecule has 2 aliphatic rings. The van der Waals surface area contributed by atoms with Gasteiger partial charge in [-0.3, -0.25) is 4.79 Å². The normalized spacial score (nSPS) is 24.0. The molecular formula is C16H22N2O4S. The summed E-state index contributed by atoms with van der Waals surface area (Å²) >= 11 is 0. The Balaban J connectivity index is 1.63. The summed E-state index contributed by atoms with van der Waals surface area (Å²) < 4.78 is 24.9. The van der Waals surface area contributed by atoms with E-state index < -0.39 is 22.2 Å². The molecule has 1 amide bonds. The Morgan fingerprint density at radius 2 is 2.04 bits per heavy atom. The molecule has 1 heterocycles. The van der Waals surface area contributed by atoms with E-state index in [0.717, 1.165) is 24.7 Å². The Bertz CT molecular complexity index is 717. The van der Waals surface area contributed by atoms with E-state index in [0.29, 0.717) is 0 Å². The highest BCUT2D eigenvalue weighted by molar-refractivity contribution is 7.88. The zero-order valence-corrected chi connectivity index (χ0v) is 14.0. The van der Waals surface area contributed by atoms with Crippen molar-refractivity contribution in [1.29, 1.82) is 0 Å². The van der Waals surface area contributed by atoms with Crippen LogP contribution in [-0.2, 0) is 34.1 Å². The lowest BCUT2D eigenvalue weighted by Crippen LogP contribution is -2.42. The number of benzene rings is 1. The maximum absolute atomic E-state index is 12.4. The summed E-state index contributed by atoms with van der Waals surface area (Å²) in [6, 6.07) is 5.55. The van der Waals surface area contributed by atoms with E-state index in [1.807, 2.05) is 6.07 Å². The maximum Gasteiger partial charge on any atom is 0.227 e. The Kier molecular flexibility index (Phi) is 4.44. The molecule has 0 spiro atoms. The van der Waals surface area contributed by atoms with Gasteiger partial charge in [-0.15, -0.1) is 0 Å². The summed E-state index contributed by atoms with van der Waals surface area (Å²) in [7, 11) is -3.40. The van der Waals surface area contributed by atoms with Gasteiger partial charge >= 0.3 is 0 Å². The molecule has 3 rings (SSSR count). The Hall–Kier alpha value is -1.44. The first-order chi connectivity index (χ1) is 10.8. The van der Waals surface area contributed by atoms with Crippen molar-refractivity contribution in [1.82, 2.24) is 9.62 Å². The molecule has 2 atom stereocenters. The number of hydrogen-bond donors (Lipinski definition) is 2. The number of rotatable bonds is 4. The minimum Gasteiger partial charge on any atom is -0.390 e. The number of aliphatic hydroxyl groups excluding tert-OH is 1. The van der Waals surface area contributed by atoms with Gasteiger partial charge in [0.2, 0.25) is 15.9 Å². The second kappa shape index (κ2) is 6.22. The third-order valence-corrected chi connectivity index (χ3v) is 5.26. The molecule has 0 saturated carbocycles. The number of aliphatic hydroxyl groups is 1. The highest BCUT2D eigenvalue weighted by atomic mass is 32.2. The maximum atomic E-state index is 12.4. The highest BCUT2D eigenvalue weighted by Crippen LogP contribution is 2.23. The first-order valence-corrected chi connectivity index (χ1v) is 9.75. The fourth-order valence-corrected chi connectivity index (χ4v) is 4.18. The molecule has 126 valence electrons. The highest BCUT2D eigenvalue weighted by Gasteiger charge is 2.35. The molecule has 0 bridgehead atoms. The zero-order chi connectivity index (χ0) is 16.6. The summed E-state index contributed by atoms with van der Waals surface area (Å²) in [5.41, 5.74) is 3.67. The minimum atomic E-state index is -3.40. The lowest BCUT2D eigenvalue weighted by atomic mass is 10.0. The van der Waals surface area contributed by atoms with Crippen LogP contribution in [0.1, 0.15) is 23.1 Å². The number of β-amino-alcohol motifs (C(OH)–C–C–N with tert-alkyl or cyclic N) is 1. The number of hydrogen-bond acceptors (Lipinski definition) is 4. The predicted molar refractivity (Wildman–Crippen MR) is 86.5 cm³/mol. The van der Waals surface area contributed by atoms with Crippen molar-refractivity contribution < 1.29 is 18.3 Å². The SMILES string of the molecule is CS(=O)(=O)N[C@@H]1CN(C(=O)Cc2ccc3c(c2)CCC3)C[C@H]1O. The molecule has 0 aromatic heterocycles. The Labute approximate surface area is 136 Å². The first-order valence-electron chi connectivity index (χ1n) is 7.85. The Morgan fingerprint density at radius 1 is 1.30 bits per heavy atom. The monoisotopic (exact) mass is 338 g/mol. The molecular weight excluding hydrogens is 316 g/mol. The molecule has 1 saturated heterocycles.